The maximum atomic E-state index is 12.6. The Kier molecular flexibility index (Phi) is 2.15. The average molecular weight is 195 g/mol. The number of halogens is 4. The Morgan fingerprint density at radius 2 is 2.00 bits per heavy atom. The summed E-state index contributed by atoms with van der Waals surface area (Å²) >= 11 is 0. The predicted molar refractivity (Wildman–Crippen MR) is 35.8 cm³/mol. The second-order valence-corrected chi connectivity index (χ2v) is 2.46. The highest BCUT2D eigenvalue weighted by Crippen LogP contribution is 2.29. The molecule has 1 aromatic rings. The normalized spacial score (nSPS) is 11.8. The number of carbonyl (C=O) groups is 1. The zero-order chi connectivity index (χ0) is 10.2. The van der Waals surface area contributed by atoms with Gasteiger partial charge >= 0.3 is 6.18 Å². The van der Waals surface area contributed by atoms with Crippen LogP contribution in [0.25, 0.3) is 0 Å². The van der Waals surface area contributed by atoms with Crippen LogP contribution in [0.5, 0.6) is 0 Å². The number of nitrogens with one attached hydrogen (secondary N) is 1. The zero-order valence-corrected chi connectivity index (χ0v) is 6.50. The molecule has 0 radical (unpaired) electrons. The van der Waals surface area contributed by atoms with Crippen LogP contribution in [0, 0.1) is 5.82 Å². The number of Topliss-reactive ketones (excluding diaryl/α,β-unsaturated/α-hetero) is 1. The summed E-state index contributed by atoms with van der Waals surface area (Å²) in [5, 5.41) is 0. The molecule has 1 N–H and O–H groups in total. The van der Waals surface area contributed by atoms with E-state index in [2.05, 4.69) is 0 Å². The van der Waals surface area contributed by atoms with Crippen molar-refractivity contribution in [3.05, 3.63) is 23.3 Å². The summed E-state index contributed by atoms with van der Waals surface area (Å²) in [6.45, 7) is 0.981. The molecule has 0 unspecified atom stereocenters. The molecule has 0 aliphatic heterocycles. The smallest absolute Gasteiger partial charge is 0.346 e. The number of hydrogen-bond acceptors (Lipinski definition) is 1. The number of rotatable bonds is 1. The fourth-order valence-electron chi connectivity index (χ4n) is 0.838. The molecule has 0 bridgehead atoms. The largest absolute Gasteiger partial charge is 0.431 e. The fraction of sp³-hybridized carbons (Fsp3) is 0.286. The minimum Gasteiger partial charge on any atom is -0.346 e. The molecule has 2 nitrogen and oxygen atoms in total. The Balaban J connectivity index is 3.17. The molecule has 72 valence electrons. The average Bonchev–Trinajstić information content (AvgIpc) is 2.29. The highest BCUT2D eigenvalue weighted by molar-refractivity contribution is 5.92. The molecule has 1 rings (SSSR count). The first-order valence-corrected chi connectivity index (χ1v) is 3.29. The first-order valence-electron chi connectivity index (χ1n) is 3.29. The molecular weight excluding hydrogens is 190 g/mol. The molecule has 13 heavy (non-hydrogen) atoms. The second-order valence-electron chi connectivity index (χ2n) is 2.46. The Hall–Kier alpha value is -1.33. The van der Waals surface area contributed by atoms with Crippen LogP contribution in [-0.4, -0.2) is 10.8 Å². The third kappa shape index (κ3) is 1.88. The van der Waals surface area contributed by atoms with Crippen LogP contribution >= 0.6 is 0 Å². The van der Waals surface area contributed by atoms with Crippen LogP contribution in [0.4, 0.5) is 17.6 Å². The van der Waals surface area contributed by atoms with Gasteiger partial charge < -0.3 is 4.98 Å². The highest BCUT2D eigenvalue weighted by atomic mass is 19.4. The number of aromatic nitrogens is 1. The van der Waals surface area contributed by atoms with Gasteiger partial charge in [0.15, 0.2) is 11.6 Å². The van der Waals surface area contributed by atoms with E-state index >= 15 is 0 Å². The predicted octanol–water partition coefficient (Wildman–Crippen LogP) is 2.38. The van der Waals surface area contributed by atoms with Crippen LogP contribution in [0.15, 0.2) is 6.07 Å². The van der Waals surface area contributed by atoms with Gasteiger partial charge in [-0.05, 0) is 0 Å². The lowest BCUT2D eigenvalue weighted by Crippen LogP contribution is -2.06. The van der Waals surface area contributed by atoms with Crippen molar-refractivity contribution in [2.24, 2.45) is 0 Å². The number of alkyl halides is 3. The van der Waals surface area contributed by atoms with E-state index in [0.29, 0.717) is 0 Å². The molecule has 0 saturated carbocycles. The van der Waals surface area contributed by atoms with Crippen LogP contribution in [-0.2, 0) is 6.18 Å². The van der Waals surface area contributed by atoms with Gasteiger partial charge in [0, 0.05) is 13.0 Å². The lowest BCUT2D eigenvalue weighted by molar-refractivity contribution is -0.140. The van der Waals surface area contributed by atoms with E-state index in [1.165, 1.54) is 0 Å². The minimum atomic E-state index is -4.66. The minimum absolute atomic E-state index is 0.261. The Bertz CT molecular complexity index is 339. The van der Waals surface area contributed by atoms with Gasteiger partial charge in [0.1, 0.15) is 11.4 Å². The van der Waals surface area contributed by atoms with Gasteiger partial charge in [-0.15, -0.1) is 0 Å². The van der Waals surface area contributed by atoms with E-state index < -0.39 is 29.2 Å². The van der Waals surface area contributed by atoms with Crippen LogP contribution in [0.1, 0.15) is 23.1 Å². The van der Waals surface area contributed by atoms with Gasteiger partial charge in [0.05, 0.1) is 0 Å². The molecule has 0 saturated heterocycles. The number of carbonyl (C=O) groups excluding carboxylic acids is 1. The van der Waals surface area contributed by atoms with Crippen molar-refractivity contribution in [2.45, 2.75) is 13.1 Å². The van der Waals surface area contributed by atoms with Gasteiger partial charge in [-0.3, -0.25) is 4.79 Å². The lowest BCUT2D eigenvalue weighted by Gasteiger charge is -2.01. The third-order valence-corrected chi connectivity index (χ3v) is 1.43. The molecular formula is C7H5F4NO. The highest BCUT2D eigenvalue weighted by Gasteiger charge is 2.34. The van der Waals surface area contributed by atoms with Crippen molar-refractivity contribution in [2.75, 3.05) is 0 Å². The Morgan fingerprint density at radius 1 is 1.46 bits per heavy atom. The molecule has 0 spiro atoms. The summed E-state index contributed by atoms with van der Waals surface area (Å²) in [4.78, 5) is 12.2. The Morgan fingerprint density at radius 3 is 2.23 bits per heavy atom. The number of aromatic amines is 1. The van der Waals surface area contributed by atoms with E-state index in [0.717, 1.165) is 6.92 Å². The molecule has 0 aliphatic rings. The second kappa shape index (κ2) is 2.86. The van der Waals surface area contributed by atoms with Crippen molar-refractivity contribution in [1.82, 2.24) is 4.98 Å². The molecule has 0 aromatic carbocycles. The first kappa shape index (κ1) is 9.76. The maximum absolute atomic E-state index is 12.6. The number of hydrogen-bond donors (Lipinski definition) is 1. The lowest BCUT2D eigenvalue weighted by atomic mass is 10.3. The van der Waals surface area contributed by atoms with Gasteiger partial charge in [-0.2, -0.15) is 13.2 Å². The topological polar surface area (TPSA) is 32.9 Å². The number of ketones is 1. The van der Waals surface area contributed by atoms with Crippen LogP contribution in [0.3, 0.4) is 0 Å². The third-order valence-electron chi connectivity index (χ3n) is 1.43. The van der Waals surface area contributed by atoms with Crippen LogP contribution in [0.2, 0.25) is 0 Å². The summed E-state index contributed by atoms with van der Waals surface area (Å²) in [6, 6.07) is 0.261. The van der Waals surface area contributed by atoms with Crippen LogP contribution < -0.4 is 0 Å². The van der Waals surface area contributed by atoms with E-state index in [1.54, 1.807) is 4.98 Å². The fourth-order valence-corrected chi connectivity index (χ4v) is 0.838. The quantitative estimate of drug-likeness (QED) is 0.541. The van der Waals surface area contributed by atoms with Gasteiger partial charge in [-0.1, -0.05) is 0 Å². The van der Waals surface area contributed by atoms with Gasteiger partial charge in [0.2, 0.25) is 0 Å². The van der Waals surface area contributed by atoms with E-state index in [-0.39, 0.29) is 6.07 Å². The Labute approximate surface area is 70.6 Å². The molecule has 0 aliphatic carbocycles. The standard InChI is InChI=1S/C7H5F4NO/c1-3(13)6-4(8)2-5(12-6)7(9,10)11/h2,12H,1H3. The van der Waals surface area contributed by atoms with Crippen molar-refractivity contribution >= 4 is 5.78 Å². The summed E-state index contributed by atoms with van der Waals surface area (Å²) in [7, 11) is 0. The van der Waals surface area contributed by atoms with Crippen molar-refractivity contribution in [3.63, 3.8) is 0 Å². The molecule has 1 aromatic heterocycles. The van der Waals surface area contributed by atoms with E-state index in [4.69, 9.17) is 0 Å². The summed E-state index contributed by atoms with van der Waals surface area (Å²) in [5.41, 5.74) is -1.90. The van der Waals surface area contributed by atoms with Crippen molar-refractivity contribution < 1.29 is 22.4 Å². The van der Waals surface area contributed by atoms with E-state index in [9.17, 15) is 22.4 Å². The molecule has 0 fully saturated rings. The monoisotopic (exact) mass is 195 g/mol. The molecule has 0 amide bonds. The summed E-state index contributed by atoms with van der Waals surface area (Å²) in [6.07, 6.45) is -4.66. The summed E-state index contributed by atoms with van der Waals surface area (Å²) in [5.74, 6) is -1.95. The van der Waals surface area contributed by atoms with Gasteiger partial charge in [-0.25, -0.2) is 4.39 Å². The number of H-pyrrole nitrogens is 1. The maximum Gasteiger partial charge on any atom is 0.431 e. The SMILES string of the molecule is CC(=O)c1[nH]c(C(F)(F)F)cc1F. The molecule has 0 atom stereocenters. The molecule has 6 heteroatoms. The molecule has 1 heterocycles. The van der Waals surface area contributed by atoms with Crippen molar-refractivity contribution in [1.29, 1.82) is 0 Å². The van der Waals surface area contributed by atoms with Crippen molar-refractivity contribution in [3.8, 4) is 0 Å². The first-order chi connectivity index (χ1) is 5.82. The van der Waals surface area contributed by atoms with Gasteiger partial charge in [0.25, 0.3) is 0 Å². The van der Waals surface area contributed by atoms with E-state index in [1.807, 2.05) is 0 Å². The zero-order valence-electron chi connectivity index (χ0n) is 6.50. The summed E-state index contributed by atoms with van der Waals surface area (Å²) < 4.78 is 48.4.